The molecule has 7 heteroatoms. The molecule has 1 heterocycles. The predicted octanol–water partition coefficient (Wildman–Crippen LogP) is 4.18. The molecule has 0 saturated carbocycles. The largest absolute Gasteiger partial charge is 0.762 e. The fourth-order valence-corrected chi connectivity index (χ4v) is 4.09. The van der Waals surface area contributed by atoms with Crippen LogP contribution < -0.4 is 0 Å². The first-order chi connectivity index (χ1) is 15.0. The van der Waals surface area contributed by atoms with Crippen LogP contribution in [0, 0.1) is 34.0 Å². The molecule has 0 radical (unpaired) electrons. The third-order valence-electron chi connectivity index (χ3n) is 5.07. The van der Waals surface area contributed by atoms with Crippen molar-refractivity contribution in [3.8, 4) is 18.2 Å². The highest BCUT2D eigenvalue weighted by molar-refractivity contribution is 7.12. The van der Waals surface area contributed by atoms with Crippen LogP contribution in [0.25, 0.3) is 11.0 Å². The van der Waals surface area contributed by atoms with E-state index in [1.165, 1.54) is 4.88 Å². The minimum Gasteiger partial charge on any atom is -0.762 e. The Morgan fingerprint density at radius 3 is 2.23 bits per heavy atom. The summed E-state index contributed by atoms with van der Waals surface area (Å²) in [6.07, 6.45) is 1.90. The molecule has 0 fully saturated rings. The van der Waals surface area contributed by atoms with Gasteiger partial charge in [0.1, 0.15) is 19.8 Å². The highest BCUT2D eigenvalue weighted by Gasteiger charge is 2.32. The van der Waals surface area contributed by atoms with E-state index >= 15 is 0 Å². The second kappa shape index (κ2) is 11.8. The van der Waals surface area contributed by atoms with Crippen molar-refractivity contribution in [3.05, 3.63) is 62.7 Å². The molecule has 6 nitrogen and oxygen atoms in total. The van der Waals surface area contributed by atoms with Gasteiger partial charge in [-0.3, -0.25) is 0 Å². The molecule has 0 unspecified atom stereocenters. The van der Waals surface area contributed by atoms with Gasteiger partial charge >= 0.3 is 0 Å². The lowest BCUT2D eigenvalue weighted by Gasteiger charge is -2.19. The molecule has 0 aliphatic heterocycles. The molecule has 2 aromatic rings. The molecular formula is C24H24N4O2S. The molecular weight excluding hydrogens is 408 g/mol. The van der Waals surface area contributed by atoms with Gasteiger partial charge in [0.15, 0.2) is 18.6 Å². The van der Waals surface area contributed by atoms with E-state index in [4.69, 9.17) is 15.4 Å². The molecule has 0 amide bonds. The number of nitriles is 3. The zero-order chi connectivity index (χ0) is 22.7. The van der Waals surface area contributed by atoms with Gasteiger partial charge in [-0.25, -0.2) is 5.87 Å². The summed E-state index contributed by atoms with van der Waals surface area (Å²) in [7, 11) is 3.67. The van der Waals surface area contributed by atoms with E-state index in [-0.39, 0.29) is 5.57 Å². The summed E-state index contributed by atoms with van der Waals surface area (Å²) in [6, 6.07) is 16.9. The van der Waals surface area contributed by atoms with Crippen molar-refractivity contribution < 1.29 is 9.10 Å². The zero-order valence-corrected chi connectivity index (χ0v) is 18.5. The number of allylic oxidation sites excluding steroid dienone is 1. The Labute approximate surface area is 187 Å². The van der Waals surface area contributed by atoms with Crippen molar-refractivity contribution in [1.29, 1.82) is 15.8 Å². The van der Waals surface area contributed by atoms with Crippen LogP contribution in [0.2, 0.25) is 0 Å². The molecule has 1 aromatic heterocycles. The van der Waals surface area contributed by atoms with Crippen molar-refractivity contribution in [2.24, 2.45) is 0 Å². The number of nitrogens with zero attached hydrogens (tertiary/aromatic N) is 4. The number of ether oxygens (including phenoxy) is 1. The monoisotopic (exact) mass is 432 g/mol. The van der Waals surface area contributed by atoms with Crippen LogP contribution in [0.1, 0.15) is 27.3 Å². The van der Waals surface area contributed by atoms with E-state index in [0.717, 1.165) is 24.5 Å². The van der Waals surface area contributed by atoms with Crippen LogP contribution >= 0.6 is 11.3 Å². The Morgan fingerprint density at radius 1 is 1.03 bits per heavy atom. The van der Waals surface area contributed by atoms with Gasteiger partial charge in [0.05, 0.1) is 24.1 Å². The highest BCUT2D eigenvalue weighted by Crippen LogP contribution is 2.31. The number of rotatable bonds is 11. The fourth-order valence-electron chi connectivity index (χ4n) is 3.09. The summed E-state index contributed by atoms with van der Waals surface area (Å²) in [5.41, 5.74) is -0.222. The quantitative estimate of drug-likeness (QED) is 0.302. The van der Waals surface area contributed by atoms with Crippen molar-refractivity contribution in [2.45, 2.75) is 24.7 Å². The first-order valence-corrected chi connectivity index (χ1v) is 10.6. The van der Waals surface area contributed by atoms with Crippen molar-refractivity contribution >= 4 is 22.8 Å². The number of hydrogen-bond donors (Lipinski definition) is 0. The molecule has 0 aliphatic rings. The fraction of sp³-hybridized carbons (Fsp3) is 0.375. The van der Waals surface area contributed by atoms with Crippen LogP contribution in [-0.2, 0) is 27.4 Å². The number of methoxy groups -OCH3 is 1. The number of thiophene rings is 1. The molecule has 31 heavy (non-hydrogen) atoms. The number of benzene rings is 1. The molecule has 158 valence electrons. The minimum absolute atomic E-state index is 0.00297. The molecule has 0 atom stereocenters. The van der Waals surface area contributed by atoms with Crippen molar-refractivity contribution in [3.63, 3.8) is 0 Å². The standard InChI is InChI=1S/C24H24N4O2S/c1-29-12-14-30(2)13-10-23-8-7-22(31-23)9-11-24(17-27,18-28)21-5-3-19(4-6-21)20(15-25)16-26/h3-8H,9-14H2,1-2H3. The maximum Gasteiger partial charge on any atom is 0.169 e. The van der Waals surface area contributed by atoms with Gasteiger partial charge < -0.3 is 14.5 Å². The Bertz CT molecular complexity index is 1030. The normalized spacial score (nSPS) is 10.7. The van der Waals surface area contributed by atoms with E-state index in [2.05, 4.69) is 28.6 Å². The van der Waals surface area contributed by atoms with Gasteiger partial charge in [-0.2, -0.15) is 15.8 Å². The van der Waals surface area contributed by atoms with Crippen LogP contribution in [0.15, 0.2) is 36.4 Å². The average molecular weight is 433 g/mol. The Morgan fingerprint density at radius 2 is 1.68 bits per heavy atom. The SMILES string of the molecule is COCC[O+](C)CCc1ccc(CCC(C#N)(C#N)c2ccc(C(=C=[N-])C#N)cc2)s1. The molecule has 0 bridgehead atoms. The van der Waals surface area contributed by atoms with Crippen LogP contribution in [0.5, 0.6) is 0 Å². The third kappa shape index (κ3) is 6.37. The summed E-state index contributed by atoms with van der Waals surface area (Å²) in [6.45, 7) is 2.34. The Kier molecular flexibility index (Phi) is 9.16. The van der Waals surface area contributed by atoms with Crippen molar-refractivity contribution in [1.82, 2.24) is 0 Å². The topological polar surface area (TPSA) is 106 Å². The maximum absolute atomic E-state index is 9.80. The van der Waals surface area contributed by atoms with Crippen molar-refractivity contribution in [2.75, 3.05) is 34.0 Å². The Hall–Kier alpha value is -3.24. The second-order valence-electron chi connectivity index (χ2n) is 7.11. The second-order valence-corrected chi connectivity index (χ2v) is 8.36. The summed E-state index contributed by atoms with van der Waals surface area (Å²) >= 11 is 1.70. The first kappa shape index (κ1) is 24.0. The summed E-state index contributed by atoms with van der Waals surface area (Å²) < 4.78 is 8.11. The molecule has 0 aliphatic carbocycles. The zero-order valence-electron chi connectivity index (χ0n) is 17.7. The van der Waals surface area contributed by atoms with Gasteiger partial charge in [0.25, 0.3) is 0 Å². The first-order valence-electron chi connectivity index (χ1n) is 9.78. The van der Waals surface area contributed by atoms with Gasteiger partial charge in [-0.05, 0) is 36.1 Å². The number of aryl methyl sites for hydroxylation is 1. The third-order valence-corrected chi connectivity index (χ3v) is 6.27. The minimum atomic E-state index is -1.28. The van der Waals surface area contributed by atoms with Gasteiger partial charge in [0.2, 0.25) is 0 Å². The van der Waals surface area contributed by atoms with E-state index in [1.54, 1.807) is 42.7 Å². The van der Waals surface area contributed by atoms with Crippen LogP contribution in [0.4, 0.5) is 0 Å². The lowest BCUT2D eigenvalue weighted by atomic mass is 9.79. The Balaban J connectivity index is 2.05. The lowest BCUT2D eigenvalue weighted by Crippen LogP contribution is -2.22. The molecule has 2 rings (SSSR count). The van der Waals surface area contributed by atoms with E-state index < -0.39 is 5.41 Å². The summed E-state index contributed by atoms with van der Waals surface area (Å²) in [5.74, 6) is 1.85. The highest BCUT2D eigenvalue weighted by atomic mass is 32.1. The van der Waals surface area contributed by atoms with E-state index in [1.807, 2.05) is 19.0 Å². The molecule has 0 N–H and O–H groups in total. The smallest absolute Gasteiger partial charge is 0.169 e. The summed E-state index contributed by atoms with van der Waals surface area (Å²) in [5, 5.41) is 37.6. The predicted molar refractivity (Wildman–Crippen MR) is 122 cm³/mol. The maximum atomic E-state index is 9.80. The lowest BCUT2D eigenvalue weighted by molar-refractivity contribution is -0.113. The van der Waals surface area contributed by atoms with Gasteiger partial charge in [-0.1, -0.05) is 24.3 Å². The van der Waals surface area contributed by atoms with Crippen LogP contribution in [-0.4, -0.2) is 39.9 Å². The molecule has 0 saturated heterocycles. The van der Waals surface area contributed by atoms with Gasteiger partial charge in [0, 0.05) is 16.9 Å². The molecule has 0 spiro atoms. The number of hydrogen-bond acceptors (Lipinski definition) is 5. The van der Waals surface area contributed by atoms with Crippen LogP contribution in [0.3, 0.4) is 0 Å². The average Bonchev–Trinajstić information content (AvgIpc) is 3.27. The van der Waals surface area contributed by atoms with E-state index in [0.29, 0.717) is 30.6 Å². The summed E-state index contributed by atoms with van der Waals surface area (Å²) in [4.78, 5) is 2.39. The van der Waals surface area contributed by atoms with E-state index in [9.17, 15) is 10.5 Å². The van der Waals surface area contributed by atoms with Gasteiger partial charge in [-0.15, -0.1) is 11.3 Å². The molecule has 1 aromatic carbocycles.